The number of rotatable bonds is 6. The first-order valence-corrected chi connectivity index (χ1v) is 12.7. The van der Waals surface area contributed by atoms with E-state index in [9.17, 15) is 18.3 Å². The van der Waals surface area contributed by atoms with Crippen molar-refractivity contribution < 1.29 is 27.8 Å². The van der Waals surface area contributed by atoms with Crippen LogP contribution in [-0.2, 0) is 15.7 Å². The highest BCUT2D eigenvalue weighted by molar-refractivity contribution is 5.67. The van der Waals surface area contributed by atoms with E-state index < -0.39 is 18.0 Å². The van der Waals surface area contributed by atoms with Crippen LogP contribution in [0.1, 0.15) is 50.7 Å². The van der Waals surface area contributed by atoms with Crippen LogP contribution in [0.4, 0.5) is 13.2 Å². The van der Waals surface area contributed by atoms with Crippen LogP contribution in [0.3, 0.4) is 0 Å². The van der Waals surface area contributed by atoms with Gasteiger partial charge in [0.1, 0.15) is 6.23 Å². The molecule has 5 nitrogen and oxygen atoms in total. The summed E-state index contributed by atoms with van der Waals surface area (Å²) in [5.74, 6) is 0.442. The summed E-state index contributed by atoms with van der Waals surface area (Å²) >= 11 is 0. The topological polar surface area (TPSA) is 54.0 Å². The molecule has 0 aromatic heterocycles. The number of hydrogen-bond donors (Lipinski definition) is 2. The molecule has 1 aromatic carbocycles. The number of alkyl halides is 3. The lowest BCUT2D eigenvalue weighted by molar-refractivity contribution is -0.137. The molecule has 4 aliphatic rings. The quantitative estimate of drug-likeness (QED) is 0.617. The minimum Gasteiger partial charge on any atom is -0.379 e. The molecule has 6 unspecified atom stereocenters. The van der Waals surface area contributed by atoms with Gasteiger partial charge in [-0.05, 0) is 60.3 Å². The summed E-state index contributed by atoms with van der Waals surface area (Å²) in [6, 6.07) is 6.15. The van der Waals surface area contributed by atoms with Gasteiger partial charge in [0.05, 0.1) is 18.3 Å². The lowest BCUT2D eigenvalue weighted by Crippen LogP contribution is -2.52. The maximum Gasteiger partial charge on any atom is 0.416 e. The molecule has 1 saturated heterocycles. The number of aliphatic hydroxyl groups is 1. The Labute approximate surface area is 205 Å². The highest BCUT2D eigenvalue weighted by atomic mass is 19.4. The fourth-order valence-electron chi connectivity index (χ4n) is 7.26. The monoisotopic (exact) mass is 494 g/mol. The number of fused-ring (bicyclic) bond motifs is 1. The van der Waals surface area contributed by atoms with Crippen LogP contribution in [0.25, 0.3) is 5.57 Å². The van der Waals surface area contributed by atoms with Gasteiger partial charge in [-0.3, -0.25) is 4.90 Å². The normalized spacial score (nSPS) is 35.9. The van der Waals surface area contributed by atoms with Crippen molar-refractivity contribution in [1.29, 1.82) is 0 Å². The highest BCUT2D eigenvalue weighted by Gasteiger charge is 2.77. The van der Waals surface area contributed by atoms with E-state index in [1.165, 1.54) is 12.1 Å². The molecule has 3 fully saturated rings. The summed E-state index contributed by atoms with van der Waals surface area (Å²) in [6.07, 6.45) is 0.626. The molecule has 6 atom stereocenters. The van der Waals surface area contributed by atoms with Crippen LogP contribution < -0.4 is 5.32 Å². The van der Waals surface area contributed by atoms with E-state index in [-0.39, 0.29) is 23.0 Å². The van der Waals surface area contributed by atoms with E-state index in [0.717, 1.165) is 37.5 Å². The Bertz CT molecular complexity index is 965. The van der Waals surface area contributed by atoms with E-state index in [4.69, 9.17) is 9.47 Å². The van der Waals surface area contributed by atoms with Gasteiger partial charge >= 0.3 is 6.18 Å². The summed E-state index contributed by atoms with van der Waals surface area (Å²) < 4.78 is 50.6. The average Bonchev–Trinajstić information content (AvgIpc) is 3.12. The smallest absolute Gasteiger partial charge is 0.379 e. The van der Waals surface area contributed by atoms with E-state index in [1.54, 1.807) is 13.2 Å². The molecule has 0 amide bonds. The molecule has 8 heteroatoms. The van der Waals surface area contributed by atoms with Gasteiger partial charge < -0.3 is 19.9 Å². The van der Waals surface area contributed by atoms with Crippen LogP contribution >= 0.6 is 0 Å². The van der Waals surface area contributed by atoms with Gasteiger partial charge in [-0.25, -0.2) is 0 Å². The van der Waals surface area contributed by atoms with Crippen molar-refractivity contribution >= 4 is 5.57 Å². The maximum atomic E-state index is 13.1. The molecule has 0 bridgehead atoms. The number of nitrogens with zero attached hydrogens (tertiary/aromatic N) is 1. The number of nitrogens with one attached hydrogen (secondary N) is 1. The average molecular weight is 495 g/mol. The second-order valence-electron chi connectivity index (χ2n) is 11.3. The molecule has 2 N–H and O–H groups in total. The number of halogens is 3. The standard InChI is InChI=1S/C27H37F3N2O3/c1-25(2)23-14-20(31-21-9-12-35-16-22(21)34-3)15-26(23,25)24(33)32-10-7-17(8-11-32)18-5-4-6-19(13-18)27(28,29)30/h4-7,13,20-24,31,33H,8-12,14-16H2,1-3H3. The third-order valence-electron chi connectivity index (χ3n) is 9.38. The Kier molecular flexibility index (Phi) is 6.58. The SMILES string of the molecule is COC1COCCC1NC1CC2C(C)(C)C2(C(O)N2CC=C(c3cccc(C(F)(F)F)c3)CC2)C1. The second-order valence-corrected chi connectivity index (χ2v) is 11.3. The number of ether oxygens (including phenoxy) is 2. The Morgan fingerprint density at radius 1 is 1.29 bits per heavy atom. The van der Waals surface area contributed by atoms with Crippen molar-refractivity contribution in [3.63, 3.8) is 0 Å². The summed E-state index contributed by atoms with van der Waals surface area (Å²) in [6.45, 7) is 7.05. The van der Waals surface area contributed by atoms with Crippen molar-refractivity contribution in [2.24, 2.45) is 16.7 Å². The van der Waals surface area contributed by atoms with Crippen LogP contribution in [0.5, 0.6) is 0 Å². The third-order valence-corrected chi connectivity index (χ3v) is 9.38. The predicted molar refractivity (Wildman–Crippen MR) is 128 cm³/mol. The molecule has 194 valence electrons. The number of benzene rings is 1. The molecule has 2 saturated carbocycles. The van der Waals surface area contributed by atoms with E-state index in [2.05, 4.69) is 24.1 Å². The third kappa shape index (κ3) is 4.35. The molecule has 2 aliphatic carbocycles. The molecule has 1 aromatic rings. The summed E-state index contributed by atoms with van der Waals surface area (Å²) in [5, 5.41) is 15.4. The fraction of sp³-hybridized carbons (Fsp3) is 0.704. The largest absolute Gasteiger partial charge is 0.416 e. The van der Waals surface area contributed by atoms with Gasteiger partial charge in [0.25, 0.3) is 0 Å². The Hall–Kier alpha value is -1.45. The van der Waals surface area contributed by atoms with Crippen molar-refractivity contribution in [1.82, 2.24) is 10.2 Å². The van der Waals surface area contributed by atoms with Crippen LogP contribution in [0.15, 0.2) is 30.3 Å². The van der Waals surface area contributed by atoms with Gasteiger partial charge in [0.15, 0.2) is 0 Å². The van der Waals surface area contributed by atoms with Gasteiger partial charge in [-0.1, -0.05) is 32.1 Å². The van der Waals surface area contributed by atoms with Crippen LogP contribution in [0.2, 0.25) is 0 Å². The number of methoxy groups -OCH3 is 1. The zero-order valence-electron chi connectivity index (χ0n) is 20.8. The van der Waals surface area contributed by atoms with E-state index in [1.807, 2.05) is 6.08 Å². The summed E-state index contributed by atoms with van der Waals surface area (Å²) in [4.78, 5) is 2.10. The van der Waals surface area contributed by atoms with Gasteiger partial charge in [0.2, 0.25) is 0 Å². The minimum atomic E-state index is -4.35. The molecule has 2 heterocycles. The number of hydrogen-bond acceptors (Lipinski definition) is 5. The fourth-order valence-corrected chi connectivity index (χ4v) is 7.26. The van der Waals surface area contributed by atoms with Gasteiger partial charge in [0, 0.05) is 44.3 Å². The Balaban J connectivity index is 1.25. The Morgan fingerprint density at radius 3 is 2.77 bits per heavy atom. The van der Waals surface area contributed by atoms with Crippen molar-refractivity contribution in [3.05, 3.63) is 41.5 Å². The van der Waals surface area contributed by atoms with E-state index >= 15 is 0 Å². The molecule has 2 aliphatic heterocycles. The Morgan fingerprint density at radius 2 is 2.09 bits per heavy atom. The summed E-state index contributed by atoms with van der Waals surface area (Å²) in [7, 11) is 1.73. The predicted octanol–water partition coefficient (Wildman–Crippen LogP) is 4.31. The molecule has 35 heavy (non-hydrogen) atoms. The molecule has 0 spiro atoms. The highest BCUT2D eigenvalue weighted by Crippen LogP contribution is 2.78. The molecular formula is C27H37F3N2O3. The van der Waals surface area contributed by atoms with Crippen molar-refractivity contribution in [3.8, 4) is 0 Å². The minimum absolute atomic E-state index is 0.0519. The lowest BCUT2D eigenvalue weighted by atomic mass is 9.86. The zero-order valence-corrected chi connectivity index (χ0v) is 20.8. The van der Waals surface area contributed by atoms with Crippen LogP contribution in [-0.4, -0.2) is 67.8 Å². The maximum absolute atomic E-state index is 13.1. The van der Waals surface area contributed by atoms with Crippen LogP contribution in [0, 0.1) is 16.7 Å². The summed E-state index contributed by atoms with van der Waals surface area (Å²) in [5.41, 5.74) is 0.807. The second kappa shape index (κ2) is 9.14. The first-order chi connectivity index (χ1) is 16.6. The molecule has 0 radical (unpaired) electrons. The molecule has 5 rings (SSSR count). The van der Waals surface area contributed by atoms with E-state index in [0.29, 0.717) is 43.6 Å². The van der Waals surface area contributed by atoms with Crippen molar-refractivity contribution in [2.75, 3.05) is 33.4 Å². The molecular weight excluding hydrogens is 457 g/mol. The number of aliphatic hydroxyl groups excluding tert-OH is 1. The zero-order chi connectivity index (χ0) is 25.0. The first kappa shape index (κ1) is 25.2. The lowest BCUT2D eigenvalue weighted by Gasteiger charge is -2.39. The van der Waals surface area contributed by atoms with Gasteiger partial charge in [-0.2, -0.15) is 13.2 Å². The van der Waals surface area contributed by atoms with Gasteiger partial charge in [-0.15, -0.1) is 0 Å². The van der Waals surface area contributed by atoms with Crippen molar-refractivity contribution in [2.45, 2.75) is 70.1 Å². The first-order valence-electron chi connectivity index (χ1n) is 12.7.